The molecular weight excluding hydrogens is 282 g/mol. The maximum atomic E-state index is 12.4. The van der Waals surface area contributed by atoms with E-state index in [0.717, 1.165) is 25.7 Å². The molecule has 0 amide bonds. The first kappa shape index (κ1) is 15.0. The Morgan fingerprint density at radius 1 is 1.42 bits per heavy atom. The Balaban J connectivity index is 2.16. The summed E-state index contributed by atoms with van der Waals surface area (Å²) in [6.07, 6.45) is 5.29. The average molecular weight is 303 g/mol. The first-order chi connectivity index (χ1) is 9.08. The molecule has 2 unspecified atom stereocenters. The zero-order valence-electron chi connectivity index (χ0n) is 11.1. The van der Waals surface area contributed by atoms with Gasteiger partial charge in [0.1, 0.15) is 0 Å². The standard InChI is InChI=1S/C13H21NO3S2/c1-2-10-5-3-4-6-11(10)14-19(16,17)13-7-8-18-12(13)9-15/h7-8,10-11,14-15H,2-6,9H2,1H3. The van der Waals surface area contributed by atoms with Crippen LogP contribution in [-0.2, 0) is 16.6 Å². The van der Waals surface area contributed by atoms with Crippen molar-refractivity contribution in [3.8, 4) is 0 Å². The normalized spacial score (nSPS) is 24.5. The molecule has 2 rings (SSSR count). The van der Waals surface area contributed by atoms with Crippen molar-refractivity contribution in [3.63, 3.8) is 0 Å². The summed E-state index contributed by atoms with van der Waals surface area (Å²) in [7, 11) is -3.50. The number of thiophene rings is 1. The van der Waals surface area contributed by atoms with Gasteiger partial charge in [0.05, 0.1) is 11.5 Å². The van der Waals surface area contributed by atoms with Gasteiger partial charge in [0, 0.05) is 10.9 Å². The predicted octanol–water partition coefficient (Wildman–Crippen LogP) is 2.49. The van der Waals surface area contributed by atoms with Crippen molar-refractivity contribution in [2.75, 3.05) is 0 Å². The third kappa shape index (κ3) is 3.37. The zero-order valence-corrected chi connectivity index (χ0v) is 12.8. The third-order valence-electron chi connectivity index (χ3n) is 3.88. The SMILES string of the molecule is CCC1CCCCC1NS(=O)(=O)c1ccsc1CO. The van der Waals surface area contributed by atoms with Gasteiger partial charge in [-0.3, -0.25) is 0 Å². The van der Waals surface area contributed by atoms with Crippen LogP contribution in [0, 0.1) is 5.92 Å². The maximum absolute atomic E-state index is 12.4. The lowest BCUT2D eigenvalue weighted by Crippen LogP contribution is -2.41. The van der Waals surface area contributed by atoms with Gasteiger partial charge in [0.25, 0.3) is 0 Å². The quantitative estimate of drug-likeness (QED) is 0.878. The molecule has 1 heterocycles. The van der Waals surface area contributed by atoms with Gasteiger partial charge in [-0.1, -0.05) is 26.2 Å². The summed E-state index contributed by atoms with van der Waals surface area (Å²) >= 11 is 1.28. The van der Waals surface area contributed by atoms with Gasteiger partial charge in [-0.05, 0) is 30.2 Å². The van der Waals surface area contributed by atoms with Crippen LogP contribution in [0.15, 0.2) is 16.3 Å². The second kappa shape index (κ2) is 6.35. The van der Waals surface area contributed by atoms with Crippen LogP contribution in [-0.4, -0.2) is 19.6 Å². The van der Waals surface area contributed by atoms with Crippen LogP contribution in [0.4, 0.5) is 0 Å². The van der Waals surface area contributed by atoms with Gasteiger partial charge in [0.2, 0.25) is 10.0 Å². The number of hydrogen-bond acceptors (Lipinski definition) is 4. The fraction of sp³-hybridized carbons (Fsp3) is 0.692. The summed E-state index contributed by atoms with van der Waals surface area (Å²) in [4.78, 5) is 0.747. The van der Waals surface area contributed by atoms with E-state index in [4.69, 9.17) is 0 Å². The zero-order chi connectivity index (χ0) is 13.9. The van der Waals surface area contributed by atoms with E-state index in [1.165, 1.54) is 17.8 Å². The molecule has 0 aliphatic heterocycles. The predicted molar refractivity (Wildman–Crippen MR) is 76.6 cm³/mol. The molecule has 2 atom stereocenters. The van der Waals surface area contributed by atoms with E-state index in [0.29, 0.717) is 10.8 Å². The third-order valence-corrected chi connectivity index (χ3v) is 6.49. The van der Waals surface area contributed by atoms with Crippen LogP contribution >= 0.6 is 11.3 Å². The highest BCUT2D eigenvalue weighted by Crippen LogP contribution is 2.29. The highest BCUT2D eigenvalue weighted by Gasteiger charge is 2.29. The minimum absolute atomic E-state index is 0.0372. The lowest BCUT2D eigenvalue weighted by molar-refractivity contribution is 0.279. The van der Waals surface area contributed by atoms with Gasteiger partial charge in [-0.2, -0.15) is 0 Å². The largest absolute Gasteiger partial charge is 0.391 e. The molecule has 4 nitrogen and oxygen atoms in total. The Kier molecular flexibility index (Phi) is 5.00. The first-order valence-corrected chi connectivity index (χ1v) is 9.14. The number of nitrogens with one attached hydrogen (secondary N) is 1. The van der Waals surface area contributed by atoms with Crippen LogP contribution in [0.5, 0.6) is 0 Å². The maximum Gasteiger partial charge on any atom is 0.242 e. The van der Waals surface area contributed by atoms with E-state index in [2.05, 4.69) is 11.6 Å². The Bertz CT molecular complexity index is 510. The van der Waals surface area contributed by atoms with E-state index < -0.39 is 10.0 Å². The molecule has 1 aliphatic carbocycles. The molecule has 0 spiro atoms. The Morgan fingerprint density at radius 3 is 2.84 bits per heavy atom. The Hall–Kier alpha value is -0.430. The molecule has 1 aromatic heterocycles. The molecule has 1 aromatic rings. The molecule has 108 valence electrons. The minimum atomic E-state index is -3.50. The lowest BCUT2D eigenvalue weighted by Gasteiger charge is -2.31. The van der Waals surface area contributed by atoms with Crippen molar-refractivity contribution in [2.24, 2.45) is 5.92 Å². The minimum Gasteiger partial charge on any atom is -0.391 e. The lowest BCUT2D eigenvalue weighted by atomic mass is 9.83. The molecule has 1 aliphatic rings. The molecule has 0 bridgehead atoms. The number of aliphatic hydroxyl groups excluding tert-OH is 1. The second-order valence-electron chi connectivity index (χ2n) is 5.05. The van der Waals surface area contributed by atoms with Crippen LogP contribution in [0.3, 0.4) is 0 Å². The highest BCUT2D eigenvalue weighted by molar-refractivity contribution is 7.89. The van der Waals surface area contributed by atoms with Crippen molar-refractivity contribution >= 4 is 21.4 Å². The molecular formula is C13H21NO3S2. The topological polar surface area (TPSA) is 66.4 Å². The second-order valence-corrected chi connectivity index (χ2v) is 7.73. The first-order valence-electron chi connectivity index (χ1n) is 6.78. The smallest absolute Gasteiger partial charge is 0.242 e. The Labute approximate surface area is 118 Å². The number of sulfonamides is 1. The van der Waals surface area contributed by atoms with Gasteiger partial charge in [-0.15, -0.1) is 11.3 Å². The van der Waals surface area contributed by atoms with Crippen molar-refractivity contribution in [1.82, 2.24) is 4.72 Å². The molecule has 0 radical (unpaired) electrons. The van der Waals surface area contributed by atoms with Crippen molar-refractivity contribution in [2.45, 2.75) is 56.6 Å². The molecule has 19 heavy (non-hydrogen) atoms. The van der Waals surface area contributed by atoms with Crippen LogP contribution in [0.1, 0.15) is 43.9 Å². The molecule has 0 aromatic carbocycles. The van der Waals surface area contributed by atoms with Gasteiger partial charge >= 0.3 is 0 Å². The molecule has 1 saturated carbocycles. The number of hydrogen-bond donors (Lipinski definition) is 2. The Morgan fingerprint density at radius 2 is 2.16 bits per heavy atom. The van der Waals surface area contributed by atoms with Gasteiger partial charge in [0.15, 0.2) is 0 Å². The fourth-order valence-electron chi connectivity index (χ4n) is 2.80. The van der Waals surface area contributed by atoms with E-state index in [1.807, 2.05) is 0 Å². The summed E-state index contributed by atoms with van der Waals surface area (Å²) in [5, 5.41) is 10.9. The van der Waals surface area contributed by atoms with Crippen LogP contribution in [0.2, 0.25) is 0 Å². The van der Waals surface area contributed by atoms with E-state index >= 15 is 0 Å². The molecule has 1 fully saturated rings. The van der Waals surface area contributed by atoms with Crippen molar-refractivity contribution in [3.05, 3.63) is 16.3 Å². The molecule has 6 heteroatoms. The molecule has 2 N–H and O–H groups in total. The summed E-state index contributed by atoms with van der Waals surface area (Å²) in [5.41, 5.74) is 0. The van der Waals surface area contributed by atoms with Crippen LogP contribution < -0.4 is 4.72 Å². The summed E-state index contributed by atoms with van der Waals surface area (Å²) in [5.74, 6) is 0.430. The van der Waals surface area contributed by atoms with E-state index in [-0.39, 0.29) is 17.5 Å². The van der Waals surface area contributed by atoms with Crippen LogP contribution in [0.25, 0.3) is 0 Å². The number of rotatable bonds is 5. The monoisotopic (exact) mass is 303 g/mol. The number of aliphatic hydroxyl groups is 1. The van der Waals surface area contributed by atoms with Crippen molar-refractivity contribution in [1.29, 1.82) is 0 Å². The molecule has 0 saturated heterocycles. The van der Waals surface area contributed by atoms with Crippen molar-refractivity contribution < 1.29 is 13.5 Å². The summed E-state index contributed by atoms with van der Waals surface area (Å²) in [6, 6.07) is 1.61. The van der Waals surface area contributed by atoms with Gasteiger partial charge < -0.3 is 5.11 Å². The van der Waals surface area contributed by atoms with E-state index in [1.54, 1.807) is 11.4 Å². The van der Waals surface area contributed by atoms with E-state index in [9.17, 15) is 13.5 Å². The average Bonchev–Trinajstić information content (AvgIpc) is 2.88. The van der Waals surface area contributed by atoms with Gasteiger partial charge in [-0.25, -0.2) is 13.1 Å². The summed E-state index contributed by atoms with van der Waals surface area (Å²) in [6.45, 7) is 1.89. The highest BCUT2D eigenvalue weighted by atomic mass is 32.2. The summed E-state index contributed by atoms with van der Waals surface area (Å²) < 4.78 is 27.6. The fourth-order valence-corrected chi connectivity index (χ4v) is 5.43.